The van der Waals surface area contributed by atoms with Crippen molar-refractivity contribution in [2.24, 2.45) is 5.92 Å². The van der Waals surface area contributed by atoms with Crippen LogP contribution in [0.25, 0.3) is 6.08 Å². The van der Waals surface area contributed by atoms with Crippen molar-refractivity contribution in [1.29, 1.82) is 0 Å². The van der Waals surface area contributed by atoms with E-state index in [2.05, 4.69) is 0 Å². The molecule has 0 amide bonds. The monoisotopic (exact) mass is 246 g/mol. The Balaban J connectivity index is 3.08. The third-order valence-electron chi connectivity index (χ3n) is 2.40. The van der Waals surface area contributed by atoms with E-state index in [1.54, 1.807) is 26.8 Å². The highest BCUT2D eigenvalue weighted by Gasteiger charge is 2.21. The number of Topliss-reactive ketones (excluding diaryl/α,β-unsaturated/α-hetero) is 1. The number of hydrogen-bond acceptors (Lipinski definition) is 3. The lowest BCUT2D eigenvalue weighted by Gasteiger charge is -2.08. The van der Waals surface area contributed by atoms with Crippen molar-refractivity contribution >= 4 is 17.8 Å². The van der Waals surface area contributed by atoms with Crippen molar-refractivity contribution in [3.05, 3.63) is 41.5 Å². The van der Waals surface area contributed by atoms with Gasteiger partial charge in [0.15, 0.2) is 5.78 Å². The molecule has 0 saturated heterocycles. The van der Waals surface area contributed by atoms with Gasteiger partial charge >= 0.3 is 5.97 Å². The maximum Gasteiger partial charge on any atom is 0.341 e. The maximum atomic E-state index is 12.0. The number of ether oxygens (including phenoxy) is 1. The van der Waals surface area contributed by atoms with Gasteiger partial charge in [-0.3, -0.25) is 4.79 Å². The minimum atomic E-state index is -0.556. The molecule has 1 aromatic rings. The van der Waals surface area contributed by atoms with Crippen LogP contribution in [0.1, 0.15) is 26.3 Å². The first-order valence-electron chi connectivity index (χ1n) is 6.04. The second-order valence-corrected chi connectivity index (χ2v) is 4.21. The SMILES string of the molecule is CCOC(=O)/C(=C/c1ccccc1)C(=O)C(C)C. The molecule has 0 unspecified atom stereocenters. The molecule has 0 radical (unpaired) electrons. The quantitative estimate of drug-likeness (QED) is 0.347. The van der Waals surface area contributed by atoms with Crippen molar-refractivity contribution in [1.82, 2.24) is 0 Å². The van der Waals surface area contributed by atoms with Gasteiger partial charge in [0, 0.05) is 5.92 Å². The van der Waals surface area contributed by atoms with Gasteiger partial charge in [-0.1, -0.05) is 44.2 Å². The molecule has 0 spiro atoms. The molecule has 0 heterocycles. The van der Waals surface area contributed by atoms with Gasteiger partial charge in [-0.05, 0) is 18.6 Å². The molecule has 3 heteroatoms. The van der Waals surface area contributed by atoms with Gasteiger partial charge in [0.2, 0.25) is 0 Å². The first-order valence-corrected chi connectivity index (χ1v) is 6.04. The molecule has 0 aliphatic carbocycles. The molecule has 0 atom stereocenters. The van der Waals surface area contributed by atoms with Gasteiger partial charge in [-0.25, -0.2) is 4.79 Å². The normalized spacial score (nSPS) is 11.4. The van der Waals surface area contributed by atoms with E-state index in [4.69, 9.17) is 4.74 Å². The Morgan fingerprint density at radius 3 is 2.33 bits per heavy atom. The molecular weight excluding hydrogens is 228 g/mol. The molecule has 0 aliphatic heterocycles. The number of carbonyl (C=O) groups excluding carboxylic acids is 2. The third-order valence-corrected chi connectivity index (χ3v) is 2.40. The smallest absolute Gasteiger partial charge is 0.341 e. The van der Waals surface area contributed by atoms with Crippen LogP contribution in [0.4, 0.5) is 0 Å². The molecule has 0 aromatic heterocycles. The standard InChI is InChI=1S/C15H18O3/c1-4-18-15(17)13(14(16)11(2)3)10-12-8-6-5-7-9-12/h5-11H,4H2,1-3H3/b13-10+. The summed E-state index contributed by atoms with van der Waals surface area (Å²) in [5.41, 5.74) is 0.924. The van der Waals surface area contributed by atoms with Crippen LogP contribution in [0.3, 0.4) is 0 Å². The summed E-state index contributed by atoms with van der Waals surface area (Å²) in [6.45, 7) is 5.51. The summed E-state index contributed by atoms with van der Waals surface area (Å²) in [4.78, 5) is 23.8. The fourth-order valence-electron chi connectivity index (χ4n) is 1.47. The number of hydrogen-bond donors (Lipinski definition) is 0. The second-order valence-electron chi connectivity index (χ2n) is 4.21. The largest absolute Gasteiger partial charge is 0.462 e. The Labute approximate surface area is 107 Å². The van der Waals surface area contributed by atoms with Crippen LogP contribution in [0.2, 0.25) is 0 Å². The summed E-state index contributed by atoms with van der Waals surface area (Å²) in [6.07, 6.45) is 1.58. The maximum absolute atomic E-state index is 12.0. The molecule has 1 rings (SSSR count). The number of benzene rings is 1. The van der Waals surface area contributed by atoms with E-state index in [0.717, 1.165) is 5.56 Å². The summed E-state index contributed by atoms with van der Waals surface area (Å²) >= 11 is 0. The average molecular weight is 246 g/mol. The summed E-state index contributed by atoms with van der Waals surface area (Å²) in [7, 11) is 0. The van der Waals surface area contributed by atoms with Crippen LogP contribution < -0.4 is 0 Å². The fraction of sp³-hybridized carbons (Fsp3) is 0.333. The van der Waals surface area contributed by atoms with Crippen LogP contribution >= 0.6 is 0 Å². The Morgan fingerprint density at radius 2 is 1.83 bits per heavy atom. The lowest BCUT2D eigenvalue weighted by Crippen LogP contribution is -2.19. The Hall–Kier alpha value is -1.90. The van der Waals surface area contributed by atoms with E-state index in [1.807, 2.05) is 30.3 Å². The van der Waals surface area contributed by atoms with Crippen LogP contribution in [0, 0.1) is 5.92 Å². The summed E-state index contributed by atoms with van der Waals surface area (Å²) < 4.78 is 4.92. The molecule has 1 aromatic carbocycles. The van der Waals surface area contributed by atoms with Crippen molar-refractivity contribution in [2.45, 2.75) is 20.8 Å². The highest BCUT2D eigenvalue weighted by atomic mass is 16.5. The zero-order valence-electron chi connectivity index (χ0n) is 11.0. The topological polar surface area (TPSA) is 43.4 Å². The Morgan fingerprint density at radius 1 is 1.22 bits per heavy atom. The van der Waals surface area contributed by atoms with Crippen LogP contribution in [-0.2, 0) is 14.3 Å². The Bertz CT molecular complexity index is 444. The molecule has 0 N–H and O–H groups in total. The van der Waals surface area contributed by atoms with E-state index in [-0.39, 0.29) is 23.9 Å². The number of esters is 1. The molecule has 96 valence electrons. The molecule has 3 nitrogen and oxygen atoms in total. The summed E-state index contributed by atoms with van der Waals surface area (Å²) in [6, 6.07) is 9.27. The number of rotatable bonds is 5. The van der Waals surface area contributed by atoms with Crippen LogP contribution in [0.5, 0.6) is 0 Å². The first-order chi connectivity index (χ1) is 8.56. The van der Waals surface area contributed by atoms with E-state index < -0.39 is 5.97 Å². The molecule has 0 saturated carbocycles. The minimum Gasteiger partial charge on any atom is -0.462 e. The lowest BCUT2D eigenvalue weighted by molar-refractivity contribution is -0.140. The summed E-state index contributed by atoms with van der Waals surface area (Å²) in [5, 5.41) is 0. The lowest BCUT2D eigenvalue weighted by atomic mass is 9.99. The molecule has 0 aliphatic rings. The minimum absolute atomic E-state index is 0.109. The van der Waals surface area contributed by atoms with Gasteiger partial charge in [-0.2, -0.15) is 0 Å². The van der Waals surface area contributed by atoms with Gasteiger partial charge < -0.3 is 4.74 Å². The van der Waals surface area contributed by atoms with E-state index in [0.29, 0.717) is 0 Å². The third kappa shape index (κ3) is 3.84. The summed E-state index contributed by atoms with van der Waals surface area (Å²) in [5.74, 6) is -0.985. The van der Waals surface area contributed by atoms with Gasteiger partial charge in [-0.15, -0.1) is 0 Å². The molecule has 0 bridgehead atoms. The second kappa shape index (κ2) is 6.74. The highest BCUT2D eigenvalue weighted by molar-refractivity contribution is 6.21. The van der Waals surface area contributed by atoms with Crippen molar-refractivity contribution in [3.8, 4) is 0 Å². The van der Waals surface area contributed by atoms with E-state index in [1.165, 1.54) is 0 Å². The van der Waals surface area contributed by atoms with Crippen LogP contribution in [-0.4, -0.2) is 18.4 Å². The van der Waals surface area contributed by atoms with Gasteiger partial charge in [0.1, 0.15) is 5.57 Å². The predicted octanol–water partition coefficient (Wildman–Crippen LogP) is 2.86. The van der Waals surface area contributed by atoms with E-state index in [9.17, 15) is 9.59 Å². The molecule has 18 heavy (non-hydrogen) atoms. The zero-order chi connectivity index (χ0) is 13.5. The van der Waals surface area contributed by atoms with Crippen molar-refractivity contribution < 1.29 is 14.3 Å². The van der Waals surface area contributed by atoms with Crippen molar-refractivity contribution in [2.75, 3.05) is 6.61 Å². The number of ketones is 1. The Kier molecular flexibility index (Phi) is 5.31. The average Bonchev–Trinajstić information content (AvgIpc) is 2.36. The van der Waals surface area contributed by atoms with E-state index >= 15 is 0 Å². The number of carbonyl (C=O) groups is 2. The van der Waals surface area contributed by atoms with Crippen molar-refractivity contribution in [3.63, 3.8) is 0 Å². The predicted molar refractivity (Wildman–Crippen MR) is 70.9 cm³/mol. The molecule has 0 fully saturated rings. The van der Waals surface area contributed by atoms with Crippen LogP contribution in [0.15, 0.2) is 35.9 Å². The fourth-order valence-corrected chi connectivity index (χ4v) is 1.47. The molecular formula is C15H18O3. The zero-order valence-corrected chi connectivity index (χ0v) is 11.0. The highest BCUT2D eigenvalue weighted by Crippen LogP contribution is 2.13. The van der Waals surface area contributed by atoms with Gasteiger partial charge in [0.25, 0.3) is 0 Å². The van der Waals surface area contributed by atoms with Gasteiger partial charge in [0.05, 0.1) is 6.61 Å². The first kappa shape index (κ1) is 14.2.